The van der Waals surface area contributed by atoms with Gasteiger partial charge in [-0.05, 0) is 37.0 Å². The summed E-state index contributed by atoms with van der Waals surface area (Å²) in [5.74, 6) is -0.769. The Bertz CT molecular complexity index is 698. The van der Waals surface area contributed by atoms with Crippen LogP contribution in [0.3, 0.4) is 0 Å². The van der Waals surface area contributed by atoms with Gasteiger partial charge in [-0.25, -0.2) is 0 Å². The van der Waals surface area contributed by atoms with Crippen molar-refractivity contribution < 1.29 is 19.4 Å². The number of nitrogens with zero attached hydrogens (tertiary/aromatic N) is 2. The molecule has 138 valence electrons. The molecule has 0 spiro atoms. The third-order valence-corrected chi connectivity index (χ3v) is 4.41. The Kier molecular flexibility index (Phi) is 7.03. The fourth-order valence-electron chi connectivity index (χ4n) is 2.80. The molecule has 0 unspecified atom stereocenters. The van der Waals surface area contributed by atoms with Gasteiger partial charge in [0.2, 0.25) is 0 Å². The highest BCUT2D eigenvalue weighted by atomic mass is 16.5. The largest absolute Gasteiger partial charge is 0.497 e. The molecule has 1 aromatic rings. The summed E-state index contributed by atoms with van der Waals surface area (Å²) in [6.45, 7) is 1.48. The standard InChI is InChI=1S/C19H23N3O4/c1-26-17-4-2-14(3-5-17)6-9-21-18(23)16(12-20)13-22-10-7-15(8-11-22)19(24)25/h2-5,13,15H,6-11H2,1H3,(H,21,23)(H,24,25)/b16-13-. The first-order valence-corrected chi connectivity index (χ1v) is 8.53. The summed E-state index contributed by atoms with van der Waals surface area (Å²) in [6.07, 6.45) is 3.21. The summed E-state index contributed by atoms with van der Waals surface area (Å²) in [5, 5.41) is 21.0. The topological polar surface area (TPSA) is 103 Å². The number of ether oxygens (including phenoxy) is 1. The number of carbonyl (C=O) groups excluding carboxylic acids is 1. The normalized spacial score (nSPS) is 15.2. The maximum Gasteiger partial charge on any atom is 0.306 e. The van der Waals surface area contributed by atoms with Crippen molar-refractivity contribution in [2.75, 3.05) is 26.7 Å². The van der Waals surface area contributed by atoms with Crippen molar-refractivity contribution in [1.82, 2.24) is 10.2 Å². The number of aliphatic carboxylic acids is 1. The van der Waals surface area contributed by atoms with Crippen molar-refractivity contribution in [3.63, 3.8) is 0 Å². The molecule has 7 nitrogen and oxygen atoms in total. The Labute approximate surface area is 152 Å². The van der Waals surface area contributed by atoms with Crippen LogP contribution in [0, 0.1) is 17.2 Å². The van der Waals surface area contributed by atoms with Crippen LogP contribution in [-0.4, -0.2) is 48.6 Å². The van der Waals surface area contributed by atoms with Crippen LogP contribution in [-0.2, 0) is 16.0 Å². The van der Waals surface area contributed by atoms with E-state index in [1.807, 2.05) is 35.2 Å². The molecule has 0 aromatic heterocycles. The molecule has 1 aliphatic rings. The number of rotatable bonds is 7. The predicted octanol–water partition coefficient (Wildman–Crippen LogP) is 1.56. The van der Waals surface area contributed by atoms with Gasteiger partial charge in [0.25, 0.3) is 5.91 Å². The average molecular weight is 357 g/mol. The minimum atomic E-state index is -0.787. The van der Waals surface area contributed by atoms with Crippen molar-refractivity contribution in [2.24, 2.45) is 5.92 Å². The van der Waals surface area contributed by atoms with Crippen LogP contribution in [0.15, 0.2) is 36.0 Å². The first-order valence-electron chi connectivity index (χ1n) is 8.53. The predicted molar refractivity (Wildman–Crippen MR) is 95.3 cm³/mol. The molecule has 2 rings (SSSR count). The lowest BCUT2D eigenvalue weighted by atomic mass is 9.97. The Morgan fingerprint density at radius 1 is 1.35 bits per heavy atom. The maximum absolute atomic E-state index is 12.2. The van der Waals surface area contributed by atoms with E-state index in [2.05, 4.69) is 5.32 Å². The van der Waals surface area contributed by atoms with E-state index < -0.39 is 11.9 Å². The number of amides is 1. The van der Waals surface area contributed by atoms with Gasteiger partial charge >= 0.3 is 5.97 Å². The van der Waals surface area contributed by atoms with E-state index in [9.17, 15) is 14.9 Å². The number of hydrogen-bond donors (Lipinski definition) is 2. The lowest BCUT2D eigenvalue weighted by Crippen LogP contribution is -2.34. The Morgan fingerprint density at radius 3 is 2.54 bits per heavy atom. The van der Waals surface area contributed by atoms with Crippen molar-refractivity contribution in [2.45, 2.75) is 19.3 Å². The van der Waals surface area contributed by atoms with Crippen LogP contribution in [0.1, 0.15) is 18.4 Å². The minimum absolute atomic E-state index is 0.0357. The second-order valence-corrected chi connectivity index (χ2v) is 6.16. The number of carboxylic acids is 1. The van der Waals surface area contributed by atoms with Gasteiger partial charge in [-0.3, -0.25) is 9.59 Å². The van der Waals surface area contributed by atoms with Crippen LogP contribution >= 0.6 is 0 Å². The molecule has 0 radical (unpaired) electrons. The molecule has 1 aliphatic heterocycles. The maximum atomic E-state index is 12.2. The summed E-state index contributed by atoms with van der Waals surface area (Å²) >= 11 is 0. The molecule has 7 heteroatoms. The number of nitriles is 1. The molecule has 0 atom stereocenters. The van der Waals surface area contributed by atoms with E-state index in [4.69, 9.17) is 9.84 Å². The van der Waals surface area contributed by atoms with Gasteiger partial charge in [-0.15, -0.1) is 0 Å². The van der Waals surface area contributed by atoms with Gasteiger partial charge in [-0.1, -0.05) is 12.1 Å². The first kappa shape index (κ1) is 19.3. The van der Waals surface area contributed by atoms with Gasteiger partial charge in [0.15, 0.2) is 0 Å². The van der Waals surface area contributed by atoms with Crippen LogP contribution in [0.5, 0.6) is 5.75 Å². The fraction of sp³-hybridized carbons (Fsp3) is 0.421. The fourth-order valence-corrected chi connectivity index (χ4v) is 2.80. The summed E-state index contributed by atoms with van der Waals surface area (Å²) in [5.41, 5.74) is 1.10. The van der Waals surface area contributed by atoms with E-state index in [1.165, 1.54) is 6.20 Å². The summed E-state index contributed by atoms with van der Waals surface area (Å²) in [4.78, 5) is 25.0. The van der Waals surface area contributed by atoms with Crippen molar-refractivity contribution in [1.29, 1.82) is 5.26 Å². The zero-order chi connectivity index (χ0) is 18.9. The van der Waals surface area contributed by atoms with E-state index >= 15 is 0 Å². The van der Waals surface area contributed by atoms with Crippen molar-refractivity contribution >= 4 is 11.9 Å². The molecule has 1 fully saturated rings. The number of carboxylic acid groups (broad SMARTS) is 1. The molecule has 26 heavy (non-hydrogen) atoms. The van der Waals surface area contributed by atoms with Crippen molar-refractivity contribution in [3.05, 3.63) is 41.6 Å². The van der Waals surface area contributed by atoms with Gasteiger partial charge in [0, 0.05) is 25.8 Å². The van der Waals surface area contributed by atoms with Gasteiger partial charge in [0.05, 0.1) is 13.0 Å². The third-order valence-electron chi connectivity index (χ3n) is 4.41. The van der Waals surface area contributed by atoms with Gasteiger partial charge in [0.1, 0.15) is 17.4 Å². The molecule has 1 heterocycles. The number of hydrogen-bond acceptors (Lipinski definition) is 5. The zero-order valence-electron chi connectivity index (χ0n) is 14.8. The summed E-state index contributed by atoms with van der Waals surface area (Å²) in [6, 6.07) is 9.50. The smallest absolute Gasteiger partial charge is 0.306 e. The molecule has 0 aliphatic carbocycles. The second kappa shape index (κ2) is 9.47. The zero-order valence-corrected chi connectivity index (χ0v) is 14.8. The summed E-state index contributed by atoms with van der Waals surface area (Å²) in [7, 11) is 1.61. The van der Waals surface area contributed by atoms with E-state index in [1.54, 1.807) is 7.11 Å². The number of piperidine rings is 1. The molecule has 1 aromatic carbocycles. The highest BCUT2D eigenvalue weighted by Gasteiger charge is 2.23. The van der Waals surface area contributed by atoms with Crippen LogP contribution in [0.25, 0.3) is 0 Å². The molecule has 1 amide bonds. The van der Waals surface area contributed by atoms with E-state index in [0.717, 1.165) is 11.3 Å². The second-order valence-electron chi connectivity index (χ2n) is 6.16. The number of likely N-dealkylation sites (tertiary alicyclic amines) is 1. The number of methoxy groups -OCH3 is 1. The van der Waals surface area contributed by atoms with E-state index in [0.29, 0.717) is 38.9 Å². The molecular formula is C19H23N3O4. The number of benzene rings is 1. The van der Waals surface area contributed by atoms with Crippen LogP contribution < -0.4 is 10.1 Å². The minimum Gasteiger partial charge on any atom is -0.497 e. The highest BCUT2D eigenvalue weighted by Crippen LogP contribution is 2.18. The monoisotopic (exact) mass is 357 g/mol. The van der Waals surface area contributed by atoms with Gasteiger partial charge < -0.3 is 20.1 Å². The third kappa shape index (κ3) is 5.52. The quantitative estimate of drug-likeness (QED) is 0.567. The molecular weight excluding hydrogens is 334 g/mol. The van der Waals surface area contributed by atoms with E-state index in [-0.39, 0.29) is 11.5 Å². The van der Waals surface area contributed by atoms with Crippen molar-refractivity contribution in [3.8, 4) is 11.8 Å². The summed E-state index contributed by atoms with van der Waals surface area (Å²) < 4.78 is 5.10. The molecule has 0 bridgehead atoms. The Balaban J connectivity index is 1.82. The highest BCUT2D eigenvalue weighted by molar-refractivity contribution is 5.97. The average Bonchev–Trinajstić information content (AvgIpc) is 2.66. The molecule has 1 saturated heterocycles. The Morgan fingerprint density at radius 2 is 2.00 bits per heavy atom. The molecule has 0 saturated carbocycles. The van der Waals surface area contributed by atoms with Gasteiger partial charge in [-0.2, -0.15) is 5.26 Å². The van der Waals surface area contributed by atoms with Crippen LogP contribution in [0.4, 0.5) is 0 Å². The lowest BCUT2D eigenvalue weighted by molar-refractivity contribution is -0.143. The Hall–Kier alpha value is -3.01. The lowest BCUT2D eigenvalue weighted by Gasteiger charge is -2.29. The number of nitrogens with one attached hydrogen (secondary N) is 1. The first-order chi connectivity index (χ1) is 12.5. The van der Waals surface area contributed by atoms with Crippen LogP contribution in [0.2, 0.25) is 0 Å². The SMILES string of the molecule is COc1ccc(CCNC(=O)/C(C#N)=C\N2CCC(C(=O)O)CC2)cc1. The number of carbonyl (C=O) groups is 2. The molecule has 2 N–H and O–H groups in total.